The molecule has 0 spiro atoms. The second kappa shape index (κ2) is 10.2. The van der Waals surface area contributed by atoms with Crippen LogP contribution in [0.5, 0.6) is 0 Å². The number of fused-ring (bicyclic) bond motifs is 1. The molecule has 6 nitrogen and oxygen atoms in total. The minimum atomic E-state index is -0.145. The van der Waals surface area contributed by atoms with Crippen molar-refractivity contribution in [2.45, 2.75) is 13.0 Å². The van der Waals surface area contributed by atoms with Crippen molar-refractivity contribution >= 4 is 23.2 Å². The van der Waals surface area contributed by atoms with Crippen LogP contribution in [0.4, 0.5) is 11.4 Å². The lowest BCUT2D eigenvalue weighted by Gasteiger charge is -2.35. The first kappa shape index (κ1) is 22.3. The topological polar surface area (TPSA) is 55.9 Å². The van der Waals surface area contributed by atoms with E-state index in [4.69, 9.17) is 0 Å². The summed E-state index contributed by atoms with van der Waals surface area (Å²) in [5.74, 6) is -0.0163. The number of nitrogens with one attached hydrogen (secondary N) is 1. The number of benzene rings is 3. The molecule has 0 radical (unpaired) electrons. The summed E-state index contributed by atoms with van der Waals surface area (Å²) < 4.78 is 0. The molecular weight excluding hydrogens is 424 g/mol. The highest BCUT2D eigenvalue weighted by atomic mass is 16.2. The Balaban J connectivity index is 1.14. The highest BCUT2D eigenvalue weighted by molar-refractivity contribution is 6.05. The maximum absolute atomic E-state index is 12.7. The van der Waals surface area contributed by atoms with Gasteiger partial charge in [0.25, 0.3) is 5.91 Å². The monoisotopic (exact) mass is 454 g/mol. The summed E-state index contributed by atoms with van der Waals surface area (Å²) >= 11 is 0. The van der Waals surface area contributed by atoms with Crippen molar-refractivity contribution in [2.24, 2.45) is 0 Å². The van der Waals surface area contributed by atoms with Crippen LogP contribution in [-0.4, -0.2) is 60.9 Å². The minimum absolute atomic E-state index is 0.129. The van der Waals surface area contributed by atoms with Gasteiger partial charge in [-0.15, -0.1) is 0 Å². The number of hydrogen-bond acceptors (Lipinski definition) is 4. The average Bonchev–Trinajstić information content (AvgIpc) is 3.19. The summed E-state index contributed by atoms with van der Waals surface area (Å²) in [6.45, 7) is 6.69. The van der Waals surface area contributed by atoms with E-state index in [1.165, 1.54) is 5.56 Å². The van der Waals surface area contributed by atoms with Gasteiger partial charge in [0.2, 0.25) is 5.91 Å². The van der Waals surface area contributed by atoms with Crippen LogP contribution < -0.4 is 10.2 Å². The SMILES string of the molecule is O=C(Nc1ccc2c(c1)CC(=O)N2CCN1CCN(Cc2ccccc2)CC1)c1ccccc1. The van der Waals surface area contributed by atoms with Crippen molar-refractivity contribution in [3.63, 3.8) is 0 Å². The predicted molar refractivity (Wildman–Crippen MR) is 135 cm³/mol. The Hall–Kier alpha value is -3.48. The number of anilines is 2. The fourth-order valence-electron chi connectivity index (χ4n) is 4.75. The molecule has 1 N–H and O–H groups in total. The van der Waals surface area contributed by atoms with Gasteiger partial charge in [0, 0.05) is 62.8 Å². The zero-order valence-corrected chi connectivity index (χ0v) is 19.3. The van der Waals surface area contributed by atoms with Crippen LogP contribution in [-0.2, 0) is 17.8 Å². The highest BCUT2D eigenvalue weighted by Gasteiger charge is 2.28. The van der Waals surface area contributed by atoms with Crippen LogP contribution in [0, 0.1) is 0 Å². The van der Waals surface area contributed by atoms with Crippen molar-refractivity contribution in [3.8, 4) is 0 Å². The molecule has 0 atom stereocenters. The Labute approximate surface area is 200 Å². The third kappa shape index (κ3) is 5.19. The quantitative estimate of drug-likeness (QED) is 0.592. The van der Waals surface area contributed by atoms with Crippen LogP contribution in [0.25, 0.3) is 0 Å². The molecule has 0 bridgehead atoms. The molecule has 2 aliphatic rings. The normalized spacial score (nSPS) is 16.5. The fourth-order valence-corrected chi connectivity index (χ4v) is 4.75. The number of nitrogens with zero attached hydrogens (tertiary/aromatic N) is 3. The van der Waals surface area contributed by atoms with E-state index in [2.05, 4.69) is 45.4 Å². The second-order valence-corrected chi connectivity index (χ2v) is 8.99. The van der Waals surface area contributed by atoms with E-state index in [1.54, 1.807) is 12.1 Å². The first-order valence-corrected chi connectivity index (χ1v) is 11.9. The van der Waals surface area contributed by atoms with E-state index < -0.39 is 0 Å². The van der Waals surface area contributed by atoms with Crippen molar-refractivity contribution in [1.29, 1.82) is 0 Å². The molecule has 2 amide bonds. The third-order valence-corrected chi connectivity index (χ3v) is 6.66. The predicted octanol–water partition coefficient (Wildman–Crippen LogP) is 3.65. The number of amides is 2. The lowest BCUT2D eigenvalue weighted by molar-refractivity contribution is -0.117. The average molecular weight is 455 g/mol. The molecule has 2 heterocycles. The van der Waals surface area contributed by atoms with Gasteiger partial charge in [-0.1, -0.05) is 48.5 Å². The van der Waals surface area contributed by atoms with Crippen molar-refractivity contribution in [2.75, 3.05) is 49.5 Å². The lowest BCUT2D eigenvalue weighted by Crippen LogP contribution is -2.48. The molecule has 0 aromatic heterocycles. The molecule has 174 valence electrons. The van der Waals surface area contributed by atoms with Gasteiger partial charge in [-0.3, -0.25) is 19.4 Å². The standard InChI is InChI=1S/C28H30N4O2/c33-27-20-24-19-25(29-28(34)23-9-5-2-6-10-23)11-12-26(24)32(27)18-17-30-13-15-31(16-14-30)21-22-7-3-1-4-8-22/h1-12,19H,13-18,20-21H2,(H,29,34). The Morgan fingerprint density at radius 2 is 1.47 bits per heavy atom. The third-order valence-electron chi connectivity index (χ3n) is 6.66. The number of carbonyl (C=O) groups excluding carboxylic acids is 2. The van der Waals surface area contributed by atoms with Gasteiger partial charge in [-0.05, 0) is 41.5 Å². The van der Waals surface area contributed by atoms with Crippen LogP contribution in [0.3, 0.4) is 0 Å². The fraction of sp³-hybridized carbons (Fsp3) is 0.286. The van der Waals surface area contributed by atoms with Crippen LogP contribution in [0.15, 0.2) is 78.9 Å². The molecule has 1 saturated heterocycles. The minimum Gasteiger partial charge on any atom is -0.322 e. The molecule has 0 saturated carbocycles. The van der Waals surface area contributed by atoms with Crippen LogP contribution >= 0.6 is 0 Å². The van der Waals surface area contributed by atoms with Crippen LogP contribution in [0.1, 0.15) is 21.5 Å². The zero-order chi connectivity index (χ0) is 23.3. The number of rotatable bonds is 7. The Morgan fingerprint density at radius 1 is 0.794 bits per heavy atom. The highest BCUT2D eigenvalue weighted by Crippen LogP contribution is 2.31. The van der Waals surface area contributed by atoms with Gasteiger partial charge in [0.05, 0.1) is 6.42 Å². The summed E-state index contributed by atoms with van der Waals surface area (Å²) in [6, 6.07) is 25.5. The van der Waals surface area contributed by atoms with Crippen LogP contribution in [0.2, 0.25) is 0 Å². The molecule has 3 aromatic carbocycles. The van der Waals surface area contributed by atoms with Gasteiger partial charge < -0.3 is 10.2 Å². The van der Waals surface area contributed by atoms with Crippen molar-refractivity contribution in [1.82, 2.24) is 9.80 Å². The Morgan fingerprint density at radius 3 is 2.21 bits per heavy atom. The van der Waals surface area contributed by atoms with Gasteiger partial charge >= 0.3 is 0 Å². The maximum Gasteiger partial charge on any atom is 0.255 e. The van der Waals surface area contributed by atoms with Gasteiger partial charge in [-0.25, -0.2) is 0 Å². The van der Waals surface area contributed by atoms with E-state index in [0.717, 1.165) is 56.2 Å². The summed E-state index contributed by atoms with van der Waals surface area (Å²) in [6.07, 6.45) is 0.384. The molecule has 5 rings (SSSR count). The van der Waals surface area contributed by atoms with Gasteiger partial charge in [0.1, 0.15) is 0 Å². The van der Waals surface area contributed by atoms with Crippen molar-refractivity contribution in [3.05, 3.63) is 95.6 Å². The first-order valence-electron chi connectivity index (χ1n) is 11.9. The Bertz CT molecular complexity index is 1140. The number of hydrogen-bond donors (Lipinski definition) is 1. The molecular formula is C28H30N4O2. The van der Waals surface area contributed by atoms with E-state index in [0.29, 0.717) is 18.5 Å². The smallest absolute Gasteiger partial charge is 0.255 e. The summed E-state index contributed by atoms with van der Waals surface area (Å²) in [4.78, 5) is 32.0. The van der Waals surface area contributed by atoms with Gasteiger partial charge in [-0.2, -0.15) is 0 Å². The largest absolute Gasteiger partial charge is 0.322 e. The second-order valence-electron chi connectivity index (χ2n) is 8.99. The lowest BCUT2D eigenvalue weighted by atomic mass is 10.1. The van der Waals surface area contributed by atoms with E-state index in [-0.39, 0.29) is 11.8 Å². The molecule has 2 aliphatic heterocycles. The number of piperazine rings is 1. The zero-order valence-electron chi connectivity index (χ0n) is 19.3. The maximum atomic E-state index is 12.7. The number of carbonyl (C=O) groups is 2. The molecule has 0 aliphatic carbocycles. The van der Waals surface area contributed by atoms with E-state index >= 15 is 0 Å². The first-order chi connectivity index (χ1) is 16.7. The Kier molecular flexibility index (Phi) is 6.70. The van der Waals surface area contributed by atoms with E-state index in [9.17, 15) is 9.59 Å². The molecule has 3 aromatic rings. The van der Waals surface area contributed by atoms with Gasteiger partial charge in [0.15, 0.2) is 0 Å². The molecule has 1 fully saturated rings. The molecule has 0 unspecified atom stereocenters. The van der Waals surface area contributed by atoms with E-state index in [1.807, 2.05) is 41.3 Å². The van der Waals surface area contributed by atoms with Crippen molar-refractivity contribution < 1.29 is 9.59 Å². The summed E-state index contributed by atoms with van der Waals surface area (Å²) in [5, 5.41) is 2.94. The summed E-state index contributed by atoms with van der Waals surface area (Å²) in [7, 11) is 0. The summed E-state index contributed by atoms with van der Waals surface area (Å²) in [5.41, 5.74) is 4.63. The molecule has 6 heteroatoms. The molecule has 34 heavy (non-hydrogen) atoms.